The van der Waals surface area contributed by atoms with Crippen LogP contribution in [0, 0.1) is 0 Å². The van der Waals surface area contributed by atoms with Crippen molar-refractivity contribution < 1.29 is 17.9 Å². The van der Waals surface area contributed by atoms with Crippen LogP contribution in [-0.4, -0.2) is 40.5 Å². The van der Waals surface area contributed by atoms with E-state index >= 15 is 0 Å². The van der Waals surface area contributed by atoms with Crippen LogP contribution >= 0.6 is 0 Å². The van der Waals surface area contributed by atoms with Gasteiger partial charge < -0.3 is 9.64 Å². The number of fused-ring (bicyclic) bond motifs is 1. The molecule has 2 aliphatic heterocycles. The molecule has 0 spiro atoms. The van der Waals surface area contributed by atoms with Crippen molar-refractivity contribution in [3.8, 4) is 0 Å². The molecule has 7 heteroatoms. The topological polar surface area (TPSA) is 66.9 Å². The van der Waals surface area contributed by atoms with Crippen molar-refractivity contribution in [2.75, 3.05) is 35.8 Å². The van der Waals surface area contributed by atoms with Crippen molar-refractivity contribution in [3.63, 3.8) is 0 Å². The maximum atomic E-state index is 12.1. The van der Waals surface area contributed by atoms with E-state index < -0.39 is 9.84 Å². The first-order chi connectivity index (χ1) is 12.4. The first-order valence-electron chi connectivity index (χ1n) is 8.54. The number of anilines is 2. The van der Waals surface area contributed by atoms with Crippen LogP contribution in [0.5, 0.6) is 0 Å². The molecule has 1 fully saturated rings. The van der Waals surface area contributed by atoms with Crippen molar-refractivity contribution in [1.29, 1.82) is 0 Å². The average Bonchev–Trinajstić information content (AvgIpc) is 3.06. The molecule has 4 rings (SSSR count). The molecule has 0 bridgehead atoms. The lowest BCUT2D eigenvalue weighted by atomic mass is 9.96. The number of carbonyl (C=O) groups is 1. The van der Waals surface area contributed by atoms with E-state index in [0.29, 0.717) is 31.1 Å². The molecule has 0 radical (unpaired) electrons. The first kappa shape index (κ1) is 16.9. The summed E-state index contributed by atoms with van der Waals surface area (Å²) in [6.45, 7) is 2.28. The van der Waals surface area contributed by atoms with Crippen molar-refractivity contribution >= 4 is 27.3 Å². The van der Waals surface area contributed by atoms with Gasteiger partial charge in [0.15, 0.2) is 9.84 Å². The highest BCUT2D eigenvalue weighted by atomic mass is 32.2. The summed E-state index contributed by atoms with van der Waals surface area (Å²) in [6.07, 6.45) is 1.68. The highest BCUT2D eigenvalue weighted by Crippen LogP contribution is 2.34. The number of benzene rings is 2. The zero-order chi connectivity index (χ0) is 18.3. The molecular weight excluding hydrogens is 352 g/mol. The molecule has 2 aromatic rings. The van der Waals surface area contributed by atoms with E-state index in [0.717, 1.165) is 28.9 Å². The van der Waals surface area contributed by atoms with Gasteiger partial charge >= 0.3 is 6.09 Å². The van der Waals surface area contributed by atoms with Crippen LogP contribution in [0.2, 0.25) is 0 Å². The Kier molecular flexibility index (Phi) is 4.11. The summed E-state index contributed by atoms with van der Waals surface area (Å²) >= 11 is 0. The fourth-order valence-electron chi connectivity index (χ4n) is 3.69. The monoisotopic (exact) mass is 372 g/mol. The molecule has 26 heavy (non-hydrogen) atoms. The molecule has 0 aliphatic carbocycles. The maximum Gasteiger partial charge on any atom is 0.414 e. The predicted octanol–water partition coefficient (Wildman–Crippen LogP) is 2.61. The average molecular weight is 372 g/mol. The number of hydrogen-bond donors (Lipinski definition) is 0. The van der Waals surface area contributed by atoms with Crippen LogP contribution in [0.1, 0.15) is 11.1 Å². The summed E-state index contributed by atoms with van der Waals surface area (Å²) in [6, 6.07) is 13.0. The number of para-hydroxylation sites is 1. The third-order valence-electron chi connectivity index (χ3n) is 4.90. The Morgan fingerprint density at radius 1 is 1.00 bits per heavy atom. The summed E-state index contributed by atoms with van der Waals surface area (Å²) in [7, 11) is -3.30. The van der Waals surface area contributed by atoms with E-state index in [1.807, 2.05) is 30.3 Å². The van der Waals surface area contributed by atoms with E-state index in [-0.39, 0.29) is 6.09 Å². The Bertz CT molecular complexity index is 971. The second kappa shape index (κ2) is 6.32. The van der Waals surface area contributed by atoms with Gasteiger partial charge in [-0.25, -0.2) is 13.2 Å². The Hall–Kier alpha value is -2.54. The van der Waals surface area contributed by atoms with Crippen molar-refractivity contribution in [2.45, 2.75) is 17.9 Å². The van der Waals surface area contributed by atoms with Gasteiger partial charge in [-0.1, -0.05) is 24.3 Å². The summed E-state index contributed by atoms with van der Waals surface area (Å²) in [4.78, 5) is 16.0. The largest absolute Gasteiger partial charge is 0.447 e. The smallest absolute Gasteiger partial charge is 0.414 e. The molecule has 1 amide bonds. The minimum absolute atomic E-state index is 0.303. The quantitative estimate of drug-likeness (QED) is 0.829. The van der Waals surface area contributed by atoms with Gasteiger partial charge in [-0.05, 0) is 35.7 Å². The number of sulfone groups is 1. The van der Waals surface area contributed by atoms with Crippen molar-refractivity contribution in [1.82, 2.24) is 0 Å². The van der Waals surface area contributed by atoms with E-state index in [2.05, 4.69) is 4.90 Å². The van der Waals surface area contributed by atoms with E-state index in [4.69, 9.17) is 4.74 Å². The molecule has 136 valence electrons. The van der Waals surface area contributed by atoms with Crippen LogP contribution in [0.3, 0.4) is 0 Å². The fraction of sp³-hybridized carbons (Fsp3) is 0.316. The van der Waals surface area contributed by atoms with E-state index in [9.17, 15) is 13.2 Å². The summed E-state index contributed by atoms with van der Waals surface area (Å²) < 4.78 is 29.3. The minimum Gasteiger partial charge on any atom is -0.447 e. The van der Waals surface area contributed by atoms with Crippen molar-refractivity contribution in [3.05, 3.63) is 53.6 Å². The highest BCUT2D eigenvalue weighted by Gasteiger charge is 2.29. The fourth-order valence-corrected chi connectivity index (χ4v) is 4.59. The Morgan fingerprint density at radius 2 is 1.77 bits per heavy atom. The molecule has 1 saturated heterocycles. The van der Waals surface area contributed by atoms with Crippen LogP contribution in [0.25, 0.3) is 0 Å². The Labute approximate surface area is 152 Å². The lowest BCUT2D eigenvalue weighted by Gasteiger charge is -2.33. The first-order valence-corrected chi connectivity index (χ1v) is 10.4. The second-order valence-corrected chi connectivity index (χ2v) is 8.58. The number of nitrogens with zero attached hydrogens (tertiary/aromatic N) is 2. The van der Waals surface area contributed by atoms with Crippen molar-refractivity contribution in [2.24, 2.45) is 0 Å². The van der Waals surface area contributed by atoms with Gasteiger partial charge in [0.1, 0.15) is 6.61 Å². The van der Waals surface area contributed by atoms with Gasteiger partial charge in [0.2, 0.25) is 0 Å². The van der Waals surface area contributed by atoms with Crippen LogP contribution in [-0.2, 0) is 27.5 Å². The Morgan fingerprint density at radius 3 is 2.50 bits per heavy atom. The highest BCUT2D eigenvalue weighted by molar-refractivity contribution is 7.90. The zero-order valence-electron chi connectivity index (χ0n) is 14.5. The molecular formula is C19H20N2O4S. The van der Waals surface area contributed by atoms with E-state index in [1.54, 1.807) is 17.0 Å². The number of hydrogen-bond acceptors (Lipinski definition) is 5. The number of carbonyl (C=O) groups excluding carboxylic acids is 1. The lowest BCUT2D eigenvalue weighted by Crippen LogP contribution is -2.33. The van der Waals surface area contributed by atoms with Gasteiger partial charge in [-0.3, -0.25) is 4.90 Å². The van der Waals surface area contributed by atoms with Gasteiger partial charge in [0.25, 0.3) is 0 Å². The number of cyclic esters (lactones) is 1. The van der Waals surface area contributed by atoms with Gasteiger partial charge in [-0.2, -0.15) is 0 Å². The summed E-state index contributed by atoms with van der Waals surface area (Å²) in [5.74, 6) is 0. The number of ether oxygens (including phenoxy) is 1. The minimum atomic E-state index is -3.30. The lowest BCUT2D eigenvalue weighted by molar-refractivity contribution is 0.181. The SMILES string of the molecule is CS(=O)(=O)c1ccccc1N1CCc2c(cccc2N2CCOC2=O)C1. The molecule has 2 aliphatic rings. The summed E-state index contributed by atoms with van der Waals surface area (Å²) in [5, 5.41) is 0. The number of rotatable bonds is 3. The zero-order valence-corrected chi connectivity index (χ0v) is 15.3. The molecule has 0 atom stereocenters. The van der Waals surface area contributed by atoms with Crippen LogP contribution in [0.4, 0.5) is 16.2 Å². The van der Waals surface area contributed by atoms with Gasteiger partial charge in [0.05, 0.1) is 22.8 Å². The van der Waals surface area contributed by atoms with Gasteiger partial charge in [0, 0.05) is 19.3 Å². The molecule has 6 nitrogen and oxygen atoms in total. The Balaban J connectivity index is 1.69. The molecule has 0 saturated carbocycles. The van der Waals surface area contributed by atoms with Crippen LogP contribution in [0.15, 0.2) is 47.4 Å². The van der Waals surface area contributed by atoms with Crippen LogP contribution < -0.4 is 9.80 Å². The molecule has 2 heterocycles. The standard InChI is InChI=1S/C19H20N2O4S/c1-26(23,24)18-8-3-2-6-17(18)20-10-9-15-14(13-20)5-4-7-16(15)21-11-12-25-19(21)22/h2-8H,9-13H2,1H3. The van der Waals surface area contributed by atoms with Gasteiger partial charge in [-0.15, -0.1) is 0 Å². The molecule has 0 N–H and O–H groups in total. The molecule has 2 aromatic carbocycles. The summed E-state index contributed by atoms with van der Waals surface area (Å²) in [5.41, 5.74) is 3.88. The normalized spacial score (nSPS) is 17.2. The maximum absolute atomic E-state index is 12.1. The third kappa shape index (κ3) is 2.92. The molecule has 0 unspecified atom stereocenters. The third-order valence-corrected chi connectivity index (χ3v) is 6.04. The van der Waals surface area contributed by atoms with E-state index in [1.165, 1.54) is 6.26 Å². The second-order valence-electron chi connectivity index (χ2n) is 6.59. The predicted molar refractivity (Wildman–Crippen MR) is 99.4 cm³/mol. The number of amides is 1. The molecule has 0 aromatic heterocycles.